The van der Waals surface area contributed by atoms with Crippen LogP contribution >= 0.6 is 15.9 Å². The number of sulfonamides is 1. The van der Waals surface area contributed by atoms with Crippen molar-refractivity contribution in [3.8, 4) is 11.5 Å². The summed E-state index contributed by atoms with van der Waals surface area (Å²) in [5, 5.41) is 2.74. The number of anilines is 1. The highest BCUT2D eigenvalue weighted by molar-refractivity contribution is 9.10. The van der Waals surface area contributed by atoms with E-state index in [9.17, 15) is 13.2 Å². The molecule has 0 saturated carbocycles. The molecule has 1 N–H and O–H groups in total. The second kappa shape index (κ2) is 12.6. The topological polar surface area (TPSA) is 84.9 Å². The maximum absolute atomic E-state index is 13.4. The summed E-state index contributed by atoms with van der Waals surface area (Å²) in [6.07, 6.45) is 0.949. The Labute approximate surface area is 215 Å². The largest absolute Gasteiger partial charge is 0.494 e. The highest BCUT2D eigenvalue weighted by atomic mass is 79.9. The minimum absolute atomic E-state index is 0.0845. The Kier molecular flexibility index (Phi) is 9.56. The zero-order valence-electron chi connectivity index (χ0n) is 19.7. The molecule has 35 heavy (non-hydrogen) atoms. The Morgan fingerprint density at radius 3 is 2.09 bits per heavy atom. The molecule has 186 valence electrons. The third kappa shape index (κ3) is 7.47. The van der Waals surface area contributed by atoms with Gasteiger partial charge in [0.2, 0.25) is 5.91 Å². The highest BCUT2D eigenvalue weighted by Crippen LogP contribution is 2.26. The van der Waals surface area contributed by atoms with Crippen LogP contribution in [0.5, 0.6) is 11.5 Å². The molecule has 0 saturated heterocycles. The van der Waals surface area contributed by atoms with Crippen molar-refractivity contribution < 1.29 is 22.7 Å². The van der Waals surface area contributed by atoms with Crippen LogP contribution in [0.15, 0.2) is 82.2 Å². The molecule has 7 nitrogen and oxygen atoms in total. The zero-order chi connectivity index (χ0) is 25.3. The summed E-state index contributed by atoms with van der Waals surface area (Å²) >= 11 is 3.32. The van der Waals surface area contributed by atoms with Gasteiger partial charge >= 0.3 is 0 Å². The van der Waals surface area contributed by atoms with Gasteiger partial charge in [0.25, 0.3) is 10.0 Å². The quantitative estimate of drug-likeness (QED) is 0.321. The van der Waals surface area contributed by atoms with Crippen LogP contribution in [-0.4, -0.2) is 40.6 Å². The third-order valence-electron chi connectivity index (χ3n) is 5.15. The van der Waals surface area contributed by atoms with Gasteiger partial charge < -0.3 is 14.8 Å². The molecule has 1 amide bonds. The molecule has 0 unspecified atom stereocenters. The minimum atomic E-state index is -3.99. The van der Waals surface area contributed by atoms with Crippen LogP contribution < -0.4 is 19.1 Å². The molecular formula is C26H29BrN2O5S. The number of halogens is 1. The van der Waals surface area contributed by atoms with E-state index in [-0.39, 0.29) is 24.6 Å². The lowest BCUT2D eigenvalue weighted by Crippen LogP contribution is -2.41. The molecular weight excluding hydrogens is 532 g/mol. The van der Waals surface area contributed by atoms with E-state index in [1.807, 2.05) is 31.2 Å². The van der Waals surface area contributed by atoms with Crippen LogP contribution in [0.25, 0.3) is 0 Å². The van der Waals surface area contributed by atoms with Crippen LogP contribution in [0.3, 0.4) is 0 Å². The summed E-state index contributed by atoms with van der Waals surface area (Å²) < 4.78 is 39.8. The second-order valence-corrected chi connectivity index (χ2v) is 10.4. The van der Waals surface area contributed by atoms with Crippen molar-refractivity contribution >= 4 is 37.5 Å². The molecule has 0 aliphatic heterocycles. The van der Waals surface area contributed by atoms with E-state index in [4.69, 9.17) is 9.47 Å². The number of hydrogen-bond acceptors (Lipinski definition) is 5. The number of nitrogens with one attached hydrogen (secondary N) is 1. The Hall–Kier alpha value is -3.04. The maximum Gasteiger partial charge on any atom is 0.264 e. The van der Waals surface area contributed by atoms with Crippen molar-refractivity contribution in [1.29, 1.82) is 0 Å². The molecule has 0 heterocycles. The summed E-state index contributed by atoms with van der Waals surface area (Å²) in [5.74, 6) is 0.889. The molecule has 0 aliphatic carbocycles. The van der Waals surface area contributed by atoms with Gasteiger partial charge in [-0.1, -0.05) is 35.0 Å². The monoisotopic (exact) mass is 560 g/mol. The Bertz CT molecular complexity index is 1200. The lowest BCUT2D eigenvalue weighted by atomic mass is 10.2. The van der Waals surface area contributed by atoms with Crippen LogP contribution in [-0.2, 0) is 21.2 Å². The van der Waals surface area contributed by atoms with Crippen molar-refractivity contribution in [2.45, 2.75) is 25.2 Å². The molecule has 0 bridgehead atoms. The van der Waals surface area contributed by atoms with Gasteiger partial charge in [0.15, 0.2) is 0 Å². The smallest absolute Gasteiger partial charge is 0.264 e. The summed E-state index contributed by atoms with van der Waals surface area (Å²) in [5.41, 5.74) is 1.57. The van der Waals surface area contributed by atoms with Crippen LogP contribution in [0.4, 0.5) is 5.69 Å². The molecule has 0 atom stereocenters. The van der Waals surface area contributed by atoms with Crippen LogP contribution in [0.1, 0.15) is 19.4 Å². The standard InChI is InChI=1S/C26H29BrN2O5S/c1-3-20-5-11-24(12-6-20)34-18-17-28-26(30)19-29(22-9-13-23(14-10-22)33-4-2)35(31,32)25-15-7-21(27)8-16-25/h5-16H,3-4,17-19H2,1-2H3,(H,28,30). The molecule has 0 radical (unpaired) electrons. The SMILES string of the molecule is CCOc1ccc(N(CC(=O)NCCOc2ccc(CC)cc2)S(=O)(=O)c2ccc(Br)cc2)cc1. The minimum Gasteiger partial charge on any atom is -0.494 e. The molecule has 3 aromatic rings. The number of hydrogen-bond donors (Lipinski definition) is 1. The predicted molar refractivity (Wildman–Crippen MR) is 141 cm³/mol. The van der Waals surface area contributed by atoms with Gasteiger partial charge in [-0.25, -0.2) is 8.42 Å². The number of aryl methyl sites for hydroxylation is 1. The van der Waals surface area contributed by atoms with E-state index >= 15 is 0 Å². The van der Waals surface area contributed by atoms with E-state index in [1.165, 1.54) is 17.7 Å². The Balaban J connectivity index is 1.69. The first-order valence-corrected chi connectivity index (χ1v) is 13.6. The van der Waals surface area contributed by atoms with Crippen molar-refractivity contribution in [1.82, 2.24) is 5.32 Å². The Morgan fingerprint density at radius 2 is 1.49 bits per heavy atom. The summed E-state index contributed by atoms with van der Waals surface area (Å²) in [6, 6.07) is 20.7. The number of benzene rings is 3. The summed E-state index contributed by atoms with van der Waals surface area (Å²) in [6.45, 7) is 4.57. The number of carbonyl (C=O) groups excluding carboxylic acids is 1. The number of carbonyl (C=O) groups is 1. The molecule has 3 aromatic carbocycles. The highest BCUT2D eigenvalue weighted by Gasteiger charge is 2.27. The molecule has 3 rings (SSSR count). The zero-order valence-corrected chi connectivity index (χ0v) is 22.1. The van der Waals surface area contributed by atoms with Crippen LogP contribution in [0, 0.1) is 0 Å². The molecule has 0 aliphatic rings. The Morgan fingerprint density at radius 1 is 0.886 bits per heavy atom. The fourth-order valence-corrected chi connectivity index (χ4v) is 4.98. The summed E-state index contributed by atoms with van der Waals surface area (Å²) in [4.78, 5) is 12.8. The predicted octanol–water partition coefficient (Wildman–Crippen LogP) is 4.80. The molecule has 0 aromatic heterocycles. The van der Waals surface area contributed by atoms with Gasteiger partial charge in [-0.15, -0.1) is 0 Å². The average Bonchev–Trinajstić information content (AvgIpc) is 2.86. The van der Waals surface area contributed by atoms with E-state index in [2.05, 4.69) is 28.2 Å². The van der Waals surface area contributed by atoms with Gasteiger partial charge in [-0.05, 0) is 79.6 Å². The molecule has 0 spiro atoms. The van der Waals surface area contributed by atoms with Gasteiger partial charge in [0, 0.05) is 4.47 Å². The fourth-order valence-electron chi connectivity index (χ4n) is 3.29. The average molecular weight is 561 g/mol. The van der Waals surface area contributed by atoms with Crippen molar-refractivity contribution in [2.75, 3.05) is 30.6 Å². The van der Waals surface area contributed by atoms with E-state index in [0.717, 1.165) is 15.2 Å². The van der Waals surface area contributed by atoms with Crippen molar-refractivity contribution in [3.63, 3.8) is 0 Å². The second-order valence-electron chi connectivity index (χ2n) is 7.59. The first-order chi connectivity index (χ1) is 16.8. The van der Waals surface area contributed by atoms with Gasteiger partial charge in [-0.2, -0.15) is 0 Å². The molecule has 0 fully saturated rings. The van der Waals surface area contributed by atoms with Crippen LogP contribution in [0.2, 0.25) is 0 Å². The number of ether oxygens (including phenoxy) is 2. The van der Waals surface area contributed by atoms with Gasteiger partial charge in [0.1, 0.15) is 24.7 Å². The lowest BCUT2D eigenvalue weighted by molar-refractivity contribution is -0.119. The normalized spacial score (nSPS) is 11.1. The fraction of sp³-hybridized carbons (Fsp3) is 0.269. The maximum atomic E-state index is 13.4. The lowest BCUT2D eigenvalue weighted by Gasteiger charge is -2.24. The first-order valence-electron chi connectivity index (χ1n) is 11.3. The van der Waals surface area contributed by atoms with Gasteiger partial charge in [0.05, 0.1) is 23.7 Å². The summed E-state index contributed by atoms with van der Waals surface area (Å²) in [7, 11) is -3.99. The number of rotatable bonds is 12. The molecule has 9 heteroatoms. The van der Waals surface area contributed by atoms with E-state index < -0.39 is 15.9 Å². The van der Waals surface area contributed by atoms with Crippen molar-refractivity contribution in [2.24, 2.45) is 0 Å². The third-order valence-corrected chi connectivity index (χ3v) is 7.47. The van der Waals surface area contributed by atoms with Gasteiger partial charge in [-0.3, -0.25) is 9.10 Å². The first kappa shape index (κ1) is 26.6. The number of nitrogens with zero attached hydrogens (tertiary/aromatic N) is 1. The van der Waals surface area contributed by atoms with Crippen molar-refractivity contribution in [3.05, 3.63) is 82.8 Å². The number of amides is 1. The van der Waals surface area contributed by atoms with E-state index in [0.29, 0.717) is 23.8 Å². The van der Waals surface area contributed by atoms with E-state index in [1.54, 1.807) is 36.4 Å².